The van der Waals surface area contributed by atoms with Gasteiger partial charge in [0.15, 0.2) is 11.0 Å². The molecule has 7 nitrogen and oxygen atoms in total. The normalized spacial score (nSPS) is 10.6. The van der Waals surface area contributed by atoms with Crippen molar-refractivity contribution < 1.29 is 14.3 Å². The van der Waals surface area contributed by atoms with Gasteiger partial charge in [-0.3, -0.25) is 9.36 Å². The van der Waals surface area contributed by atoms with Gasteiger partial charge >= 0.3 is 0 Å². The second kappa shape index (κ2) is 9.91. The molecule has 0 saturated heterocycles. The molecule has 3 aromatic rings. The van der Waals surface area contributed by atoms with Crippen molar-refractivity contribution in [2.45, 2.75) is 11.7 Å². The SMILES string of the molecule is COCCn1c(SCC(=O)Nc2ccccc2OC)nnc1-c1ccccc1. The van der Waals surface area contributed by atoms with Crippen molar-refractivity contribution in [1.82, 2.24) is 14.8 Å². The maximum Gasteiger partial charge on any atom is 0.234 e. The molecule has 146 valence electrons. The highest BCUT2D eigenvalue weighted by Gasteiger charge is 2.16. The molecular formula is C20H22N4O3S. The van der Waals surface area contributed by atoms with E-state index in [0.717, 1.165) is 11.4 Å². The Bertz CT molecular complexity index is 915. The zero-order valence-electron chi connectivity index (χ0n) is 15.8. The van der Waals surface area contributed by atoms with Crippen LogP contribution in [-0.4, -0.2) is 47.3 Å². The Balaban J connectivity index is 1.71. The molecule has 0 fully saturated rings. The molecule has 1 N–H and O–H groups in total. The Hall–Kier alpha value is -2.84. The molecule has 0 aliphatic carbocycles. The van der Waals surface area contributed by atoms with Crippen molar-refractivity contribution in [2.75, 3.05) is 31.9 Å². The number of nitrogens with zero attached hydrogens (tertiary/aromatic N) is 3. The second-order valence-electron chi connectivity index (χ2n) is 5.85. The predicted molar refractivity (Wildman–Crippen MR) is 110 cm³/mol. The number of rotatable bonds is 9. The second-order valence-corrected chi connectivity index (χ2v) is 6.80. The number of hydrogen-bond acceptors (Lipinski definition) is 6. The van der Waals surface area contributed by atoms with E-state index in [1.54, 1.807) is 26.4 Å². The Morgan fingerprint density at radius 3 is 2.57 bits per heavy atom. The van der Waals surface area contributed by atoms with E-state index < -0.39 is 0 Å². The number of para-hydroxylation sites is 2. The van der Waals surface area contributed by atoms with E-state index in [1.807, 2.05) is 47.0 Å². The minimum atomic E-state index is -0.142. The van der Waals surface area contributed by atoms with Gasteiger partial charge in [-0.25, -0.2) is 0 Å². The number of amides is 1. The van der Waals surface area contributed by atoms with E-state index in [0.29, 0.717) is 29.7 Å². The molecule has 3 rings (SSSR count). The molecule has 2 aromatic carbocycles. The van der Waals surface area contributed by atoms with Gasteiger partial charge in [0.2, 0.25) is 5.91 Å². The highest BCUT2D eigenvalue weighted by molar-refractivity contribution is 7.99. The first kappa shape index (κ1) is 19.9. The fourth-order valence-electron chi connectivity index (χ4n) is 2.64. The summed E-state index contributed by atoms with van der Waals surface area (Å²) >= 11 is 1.33. The highest BCUT2D eigenvalue weighted by atomic mass is 32.2. The van der Waals surface area contributed by atoms with Gasteiger partial charge in [-0.1, -0.05) is 54.2 Å². The Morgan fingerprint density at radius 2 is 1.82 bits per heavy atom. The van der Waals surface area contributed by atoms with E-state index in [9.17, 15) is 4.79 Å². The van der Waals surface area contributed by atoms with Crippen molar-refractivity contribution in [2.24, 2.45) is 0 Å². The lowest BCUT2D eigenvalue weighted by Gasteiger charge is -2.11. The third kappa shape index (κ3) is 4.90. The maximum absolute atomic E-state index is 12.4. The first-order chi connectivity index (χ1) is 13.7. The number of ether oxygens (including phenoxy) is 2. The standard InChI is InChI=1S/C20H22N4O3S/c1-26-13-12-24-19(15-8-4-3-5-9-15)22-23-20(24)28-14-18(25)21-16-10-6-7-11-17(16)27-2/h3-11H,12-14H2,1-2H3,(H,21,25). The number of anilines is 1. The minimum Gasteiger partial charge on any atom is -0.495 e. The average molecular weight is 398 g/mol. The smallest absolute Gasteiger partial charge is 0.234 e. The predicted octanol–water partition coefficient (Wildman–Crippen LogP) is 3.33. The first-order valence-electron chi connectivity index (χ1n) is 8.76. The van der Waals surface area contributed by atoms with Crippen molar-refractivity contribution in [3.05, 3.63) is 54.6 Å². The number of carbonyl (C=O) groups excluding carboxylic acids is 1. The molecule has 8 heteroatoms. The van der Waals surface area contributed by atoms with E-state index in [-0.39, 0.29) is 11.7 Å². The number of aromatic nitrogens is 3. The van der Waals surface area contributed by atoms with Gasteiger partial charge in [0.1, 0.15) is 5.75 Å². The molecule has 1 heterocycles. The highest BCUT2D eigenvalue weighted by Crippen LogP contribution is 2.26. The van der Waals surface area contributed by atoms with Crippen LogP contribution < -0.4 is 10.1 Å². The van der Waals surface area contributed by atoms with E-state index in [4.69, 9.17) is 9.47 Å². The molecule has 0 radical (unpaired) electrons. The zero-order valence-corrected chi connectivity index (χ0v) is 16.6. The largest absolute Gasteiger partial charge is 0.495 e. The fraction of sp³-hybridized carbons (Fsp3) is 0.250. The number of thioether (sulfide) groups is 1. The molecule has 1 aromatic heterocycles. The summed E-state index contributed by atoms with van der Waals surface area (Å²) < 4.78 is 12.4. The maximum atomic E-state index is 12.4. The third-order valence-electron chi connectivity index (χ3n) is 3.98. The summed E-state index contributed by atoms with van der Waals surface area (Å²) in [4.78, 5) is 12.4. The number of methoxy groups -OCH3 is 2. The van der Waals surface area contributed by atoms with Gasteiger partial charge < -0.3 is 14.8 Å². The van der Waals surface area contributed by atoms with Crippen LogP contribution in [0.4, 0.5) is 5.69 Å². The molecule has 0 bridgehead atoms. The molecule has 28 heavy (non-hydrogen) atoms. The van der Waals surface area contributed by atoms with Crippen LogP contribution >= 0.6 is 11.8 Å². The molecule has 1 amide bonds. The fourth-order valence-corrected chi connectivity index (χ4v) is 3.41. The van der Waals surface area contributed by atoms with Crippen molar-refractivity contribution in [3.8, 4) is 17.1 Å². The van der Waals surface area contributed by atoms with Gasteiger partial charge in [-0.2, -0.15) is 0 Å². The monoisotopic (exact) mass is 398 g/mol. The van der Waals surface area contributed by atoms with Crippen LogP contribution in [0.25, 0.3) is 11.4 Å². The lowest BCUT2D eigenvalue weighted by atomic mass is 10.2. The summed E-state index contributed by atoms with van der Waals surface area (Å²) in [5.41, 5.74) is 1.61. The number of nitrogens with one attached hydrogen (secondary N) is 1. The summed E-state index contributed by atoms with van der Waals surface area (Å²) in [6.07, 6.45) is 0. The molecule has 0 unspecified atom stereocenters. The van der Waals surface area contributed by atoms with Crippen LogP contribution in [0.1, 0.15) is 0 Å². The molecular weight excluding hydrogens is 376 g/mol. The van der Waals surface area contributed by atoms with E-state index >= 15 is 0 Å². The summed E-state index contributed by atoms with van der Waals surface area (Å²) in [5.74, 6) is 1.44. The third-order valence-corrected chi connectivity index (χ3v) is 4.95. The van der Waals surface area contributed by atoms with E-state index in [2.05, 4.69) is 15.5 Å². The van der Waals surface area contributed by atoms with Crippen molar-refractivity contribution in [1.29, 1.82) is 0 Å². The van der Waals surface area contributed by atoms with E-state index in [1.165, 1.54) is 11.8 Å². The average Bonchev–Trinajstić information content (AvgIpc) is 3.14. The molecule has 0 saturated carbocycles. The van der Waals surface area contributed by atoms with Gasteiger partial charge in [-0.15, -0.1) is 10.2 Å². The van der Waals surface area contributed by atoms with Gasteiger partial charge in [0.05, 0.1) is 31.7 Å². The van der Waals surface area contributed by atoms with Crippen LogP contribution in [0.15, 0.2) is 59.8 Å². The molecule has 0 aliphatic heterocycles. The summed E-state index contributed by atoms with van der Waals surface area (Å²) in [5, 5.41) is 12.1. The zero-order chi connectivity index (χ0) is 19.8. The Morgan fingerprint density at radius 1 is 1.07 bits per heavy atom. The molecule has 0 atom stereocenters. The molecule has 0 aliphatic rings. The Kier molecular flexibility index (Phi) is 7.05. The van der Waals surface area contributed by atoms with Gasteiger partial charge in [0, 0.05) is 12.7 Å². The molecule has 0 spiro atoms. The summed E-state index contributed by atoms with van der Waals surface area (Å²) in [6.45, 7) is 1.13. The summed E-state index contributed by atoms with van der Waals surface area (Å²) in [6, 6.07) is 17.1. The van der Waals surface area contributed by atoms with Crippen LogP contribution in [0.5, 0.6) is 5.75 Å². The Labute approximate surface area is 168 Å². The van der Waals surface area contributed by atoms with Crippen LogP contribution in [0, 0.1) is 0 Å². The van der Waals surface area contributed by atoms with Gasteiger partial charge in [-0.05, 0) is 12.1 Å². The number of carbonyl (C=O) groups is 1. The lowest BCUT2D eigenvalue weighted by Crippen LogP contribution is -2.15. The van der Waals surface area contributed by atoms with Crippen LogP contribution in [-0.2, 0) is 16.1 Å². The van der Waals surface area contributed by atoms with Gasteiger partial charge in [0.25, 0.3) is 0 Å². The minimum absolute atomic E-state index is 0.142. The summed E-state index contributed by atoms with van der Waals surface area (Å²) in [7, 11) is 3.23. The topological polar surface area (TPSA) is 78.3 Å². The van der Waals surface area contributed by atoms with Crippen LogP contribution in [0.3, 0.4) is 0 Å². The van der Waals surface area contributed by atoms with Crippen molar-refractivity contribution >= 4 is 23.4 Å². The lowest BCUT2D eigenvalue weighted by molar-refractivity contribution is -0.113. The number of benzene rings is 2. The number of hydrogen-bond donors (Lipinski definition) is 1. The van der Waals surface area contributed by atoms with Crippen LogP contribution in [0.2, 0.25) is 0 Å². The quantitative estimate of drug-likeness (QED) is 0.557. The first-order valence-corrected chi connectivity index (χ1v) is 9.74. The van der Waals surface area contributed by atoms with Crippen molar-refractivity contribution in [3.63, 3.8) is 0 Å².